The van der Waals surface area contributed by atoms with Crippen LogP contribution in [-0.4, -0.2) is 52.9 Å². The second-order valence-electron chi connectivity index (χ2n) is 7.24. The molecule has 1 saturated heterocycles. The van der Waals surface area contributed by atoms with Crippen molar-refractivity contribution in [3.8, 4) is 0 Å². The Morgan fingerprint density at radius 3 is 2.62 bits per heavy atom. The maximum absolute atomic E-state index is 13.1. The molecule has 4 aromatic rings. The smallest absolute Gasteiger partial charge is 0.265 e. The van der Waals surface area contributed by atoms with E-state index in [2.05, 4.69) is 20.2 Å². The van der Waals surface area contributed by atoms with E-state index >= 15 is 0 Å². The van der Waals surface area contributed by atoms with Crippen LogP contribution >= 0.6 is 34.3 Å². The zero-order chi connectivity index (χ0) is 22.1. The summed E-state index contributed by atoms with van der Waals surface area (Å²) in [7, 11) is 0. The molecule has 0 bridgehead atoms. The highest BCUT2D eigenvalue weighted by molar-refractivity contribution is 7.16. The predicted octanol–water partition coefficient (Wildman–Crippen LogP) is 4.62. The van der Waals surface area contributed by atoms with Crippen LogP contribution in [0.2, 0.25) is 5.02 Å². The average molecular weight is 484 g/mol. The standard InChI is InChI=1S/C22H18ClN5O2S2/c23-16-4-3-14(12-17(16)26-20(29)18-2-1-10-31-18)22(30)28-8-6-27(7-9-28)19-15-5-11-32-21(15)25-13-24-19/h1-5,10-13H,6-9H2,(H,26,29). The lowest BCUT2D eigenvalue weighted by molar-refractivity contribution is 0.0746. The number of thiophene rings is 2. The molecule has 0 unspecified atom stereocenters. The number of aromatic nitrogens is 2. The van der Waals surface area contributed by atoms with E-state index in [0.717, 1.165) is 16.0 Å². The Labute approximate surface area is 197 Å². The van der Waals surface area contributed by atoms with Crippen LogP contribution in [0.3, 0.4) is 0 Å². The summed E-state index contributed by atoms with van der Waals surface area (Å²) in [5.74, 6) is 0.578. The second-order valence-corrected chi connectivity index (χ2v) is 9.49. The Balaban J connectivity index is 1.28. The number of nitrogens with one attached hydrogen (secondary N) is 1. The summed E-state index contributed by atoms with van der Waals surface area (Å²) in [5.41, 5.74) is 0.918. The minimum absolute atomic E-state index is 0.0868. The van der Waals surface area contributed by atoms with Gasteiger partial charge in [0, 0.05) is 31.7 Å². The molecule has 1 aromatic carbocycles. The van der Waals surface area contributed by atoms with Gasteiger partial charge in [0.2, 0.25) is 0 Å². The van der Waals surface area contributed by atoms with Gasteiger partial charge < -0.3 is 15.1 Å². The first-order valence-electron chi connectivity index (χ1n) is 9.97. The van der Waals surface area contributed by atoms with E-state index in [9.17, 15) is 9.59 Å². The summed E-state index contributed by atoms with van der Waals surface area (Å²) >= 11 is 9.20. The van der Waals surface area contributed by atoms with Gasteiger partial charge in [-0.2, -0.15) is 0 Å². The fourth-order valence-electron chi connectivity index (χ4n) is 3.68. The third-order valence-corrected chi connectivity index (χ3v) is 7.33. The Morgan fingerprint density at radius 1 is 1.00 bits per heavy atom. The number of piperazine rings is 1. The van der Waals surface area contributed by atoms with Crippen molar-refractivity contribution in [1.29, 1.82) is 0 Å². The minimum atomic E-state index is -0.246. The monoisotopic (exact) mass is 483 g/mol. The molecular formula is C22H18ClN5O2S2. The number of rotatable bonds is 4. The number of amides is 2. The van der Waals surface area contributed by atoms with E-state index < -0.39 is 0 Å². The lowest BCUT2D eigenvalue weighted by Crippen LogP contribution is -2.49. The number of carbonyl (C=O) groups is 2. The molecule has 5 rings (SSSR count). The van der Waals surface area contributed by atoms with Crippen LogP contribution in [0.15, 0.2) is 53.5 Å². The third-order valence-electron chi connectivity index (χ3n) is 5.31. The van der Waals surface area contributed by atoms with Gasteiger partial charge in [-0.05, 0) is 41.1 Å². The molecule has 0 radical (unpaired) electrons. The van der Waals surface area contributed by atoms with Crippen LogP contribution in [0.1, 0.15) is 20.0 Å². The Bertz CT molecular complexity index is 1280. The van der Waals surface area contributed by atoms with Crippen molar-refractivity contribution < 1.29 is 9.59 Å². The summed E-state index contributed by atoms with van der Waals surface area (Å²) in [4.78, 5) is 39.8. The van der Waals surface area contributed by atoms with Crippen molar-refractivity contribution in [1.82, 2.24) is 14.9 Å². The Morgan fingerprint density at radius 2 is 1.84 bits per heavy atom. The van der Waals surface area contributed by atoms with Gasteiger partial charge in [-0.25, -0.2) is 9.97 Å². The molecule has 162 valence electrons. The quantitative estimate of drug-likeness (QED) is 0.458. The molecule has 0 aliphatic carbocycles. The highest BCUT2D eigenvalue weighted by Gasteiger charge is 2.25. The van der Waals surface area contributed by atoms with E-state index in [4.69, 9.17) is 11.6 Å². The number of hydrogen-bond donors (Lipinski definition) is 1. The van der Waals surface area contributed by atoms with E-state index in [1.54, 1.807) is 41.9 Å². The zero-order valence-electron chi connectivity index (χ0n) is 16.8. The molecule has 1 fully saturated rings. The highest BCUT2D eigenvalue weighted by atomic mass is 35.5. The normalized spacial score (nSPS) is 14.0. The lowest BCUT2D eigenvalue weighted by atomic mass is 10.1. The van der Waals surface area contributed by atoms with E-state index in [1.165, 1.54) is 11.3 Å². The largest absolute Gasteiger partial charge is 0.352 e. The number of anilines is 2. The molecule has 32 heavy (non-hydrogen) atoms. The van der Waals surface area contributed by atoms with Crippen molar-refractivity contribution in [2.45, 2.75) is 0 Å². The van der Waals surface area contributed by atoms with Crippen LogP contribution in [0.5, 0.6) is 0 Å². The average Bonchev–Trinajstić information content (AvgIpc) is 3.52. The van der Waals surface area contributed by atoms with Gasteiger partial charge in [0.15, 0.2) is 0 Å². The molecule has 4 heterocycles. The van der Waals surface area contributed by atoms with E-state index in [1.807, 2.05) is 27.8 Å². The number of fused-ring (bicyclic) bond motifs is 1. The number of hydrogen-bond acceptors (Lipinski definition) is 7. The zero-order valence-corrected chi connectivity index (χ0v) is 19.2. The second kappa shape index (κ2) is 8.85. The van der Waals surface area contributed by atoms with Crippen LogP contribution in [-0.2, 0) is 0 Å². The third kappa shape index (κ3) is 4.06. The van der Waals surface area contributed by atoms with E-state index in [0.29, 0.717) is 47.3 Å². The fourth-order valence-corrected chi connectivity index (χ4v) is 5.19. The van der Waals surface area contributed by atoms with Crippen molar-refractivity contribution in [2.24, 2.45) is 0 Å². The Kier molecular flexibility index (Phi) is 5.77. The van der Waals surface area contributed by atoms with Crippen molar-refractivity contribution in [3.63, 3.8) is 0 Å². The molecule has 1 aliphatic heterocycles. The number of benzene rings is 1. The summed E-state index contributed by atoms with van der Waals surface area (Å²) in [6.07, 6.45) is 1.59. The molecule has 3 aromatic heterocycles. The fraction of sp³-hybridized carbons (Fsp3) is 0.182. The number of carbonyl (C=O) groups excluding carboxylic acids is 2. The first-order chi connectivity index (χ1) is 15.6. The van der Waals surface area contributed by atoms with Gasteiger partial charge in [-0.1, -0.05) is 17.7 Å². The number of nitrogens with zero attached hydrogens (tertiary/aromatic N) is 4. The van der Waals surface area contributed by atoms with Crippen molar-refractivity contribution in [3.05, 3.63) is 68.9 Å². The molecule has 7 nitrogen and oxygen atoms in total. The molecular weight excluding hydrogens is 466 g/mol. The maximum atomic E-state index is 13.1. The maximum Gasteiger partial charge on any atom is 0.265 e. The van der Waals surface area contributed by atoms with Gasteiger partial charge in [0.25, 0.3) is 11.8 Å². The topological polar surface area (TPSA) is 78.4 Å². The van der Waals surface area contributed by atoms with Gasteiger partial charge >= 0.3 is 0 Å². The first-order valence-corrected chi connectivity index (χ1v) is 12.1. The molecule has 0 atom stereocenters. The van der Waals surface area contributed by atoms with Gasteiger partial charge in [0.05, 0.1) is 21.0 Å². The van der Waals surface area contributed by atoms with Crippen molar-refractivity contribution >= 4 is 67.8 Å². The Hall–Kier alpha value is -3.01. The summed E-state index contributed by atoms with van der Waals surface area (Å²) < 4.78 is 0. The van der Waals surface area contributed by atoms with Crippen molar-refractivity contribution in [2.75, 3.05) is 36.4 Å². The van der Waals surface area contributed by atoms with Gasteiger partial charge in [0.1, 0.15) is 17.0 Å². The van der Waals surface area contributed by atoms with E-state index in [-0.39, 0.29) is 11.8 Å². The minimum Gasteiger partial charge on any atom is -0.352 e. The van der Waals surface area contributed by atoms with Crippen LogP contribution < -0.4 is 10.2 Å². The molecule has 10 heteroatoms. The highest BCUT2D eigenvalue weighted by Crippen LogP contribution is 2.28. The predicted molar refractivity (Wildman–Crippen MR) is 129 cm³/mol. The van der Waals surface area contributed by atoms with Crippen LogP contribution in [0.4, 0.5) is 11.5 Å². The van der Waals surface area contributed by atoms with Gasteiger partial charge in [-0.3, -0.25) is 9.59 Å². The summed E-state index contributed by atoms with van der Waals surface area (Å²) in [6.45, 7) is 2.52. The number of halogens is 1. The molecule has 1 N–H and O–H groups in total. The SMILES string of the molecule is O=C(Nc1cc(C(=O)N2CCN(c3ncnc4sccc34)CC2)ccc1Cl)c1cccs1. The lowest BCUT2D eigenvalue weighted by Gasteiger charge is -2.35. The molecule has 0 saturated carbocycles. The van der Waals surface area contributed by atoms with Crippen LogP contribution in [0, 0.1) is 0 Å². The first kappa shape index (κ1) is 20.9. The molecule has 0 spiro atoms. The summed E-state index contributed by atoms with van der Waals surface area (Å²) in [5, 5.41) is 8.08. The van der Waals surface area contributed by atoms with Crippen LogP contribution in [0.25, 0.3) is 10.2 Å². The molecule has 1 aliphatic rings. The molecule has 2 amide bonds. The van der Waals surface area contributed by atoms with Gasteiger partial charge in [-0.15, -0.1) is 22.7 Å². The summed E-state index contributed by atoms with van der Waals surface area (Å²) in [6, 6.07) is 10.6.